The number of rotatable bonds is 7. The van der Waals surface area contributed by atoms with Gasteiger partial charge in [-0.2, -0.15) is 0 Å². The standard InChI is InChI=1S/C16H34N4O3S/c1-15(2,3)23-14(21)20-10-8-9-18-13(17-7)19-11-12-24(22)16(4,5)6/h8-12H2,1-7H3,(H,20,21)(H2,17,18,19). The van der Waals surface area contributed by atoms with Crippen molar-refractivity contribution in [3.63, 3.8) is 0 Å². The smallest absolute Gasteiger partial charge is 0.407 e. The number of nitrogens with zero attached hydrogens (tertiary/aromatic N) is 1. The number of hydrogen-bond donors (Lipinski definition) is 3. The molecule has 24 heavy (non-hydrogen) atoms. The second-order valence-corrected chi connectivity index (χ2v) is 9.69. The van der Waals surface area contributed by atoms with Gasteiger partial charge in [-0.1, -0.05) is 0 Å². The summed E-state index contributed by atoms with van der Waals surface area (Å²) in [5, 5.41) is 8.99. The van der Waals surface area contributed by atoms with E-state index in [-0.39, 0.29) is 4.75 Å². The summed E-state index contributed by atoms with van der Waals surface area (Å²) in [5.74, 6) is 1.24. The molecule has 0 bridgehead atoms. The summed E-state index contributed by atoms with van der Waals surface area (Å²) in [7, 11) is 0.804. The number of ether oxygens (including phenoxy) is 1. The van der Waals surface area contributed by atoms with Crippen LogP contribution in [0.3, 0.4) is 0 Å². The molecule has 7 nitrogen and oxygen atoms in total. The minimum absolute atomic E-state index is 0.202. The van der Waals surface area contributed by atoms with Crippen LogP contribution in [0.25, 0.3) is 0 Å². The maximum absolute atomic E-state index is 12.0. The fraction of sp³-hybridized carbons (Fsp3) is 0.875. The average molecular weight is 363 g/mol. The van der Waals surface area contributed by atoms with Gasteiger partial charge in [0.05, 0.1) is 0 Å². The first-order chi connectivity index (χ1) is 11.0. The molecule has 3 N–H and O–H groups in total. The molecule has 0 rings (SSSR count). The molecular formula is C16H34N4O3S. The van der Waals surface area contributed by atoms with Crippen molar-refractivity contribution in [3.05, 3.63) is 0 Å². The number of amides is 1. The van der Waals surface area contributed by atoms with E-state index in [1.807, 2.05) is 41.5 Å². The van der Waals surface area contributed by atoms with E-state index in [0.717, 1.165) is 6.42 Å². The number of guanidine groups is 1. The minimum Gasteiger partial charge on any atom is -0.444 e. The Hall–Kier alpha value is -1.31. The van der Waals surface area contributed by atoms with Crippen molar-refractivity contribution in [3.8, 4) is 0 Å². The lowest BCUT2D eigenvalue weighted by Crippen LogP contribution is -2.41. The van der Waals surface area contributed by atoms with Crippen molar-refractivity contribution in [2.75, 3.05) is 32.4 Å². The summed E-state index contributed by atoms with van der Waals surface area (Å²) in [6.45, 7) is 13.2. The van der Waals surface area contributed by atoms with Crippen LogP contribution in [0.1, 0.15) is 48.0 Å². The number of alkyl carbamates (subject to hydrolysis) is 1. The average Bonchev–Trinajstić information content (AvgIpc) is 2.41. The predicted octanol–water partition coefficient (Wildman–Crippen LogP) is 1.61. The number of hydrogen-bond acceptors (Lipinski definition) is 4. The van der Waals surface area contributed by atoms with Gasteiger partial charge in [0.1, 0.15) is 5.60 Å². The highest BCUT2D eigenvalue weighted by molar-refractivity contribution is 7.86. The fourth-order valence-corrected chi connectivity index (χ4v) is 2.49. The van der Waals surface area contributed by atoms with Gasteiger partial charge in [0.2, 0.25) is 0 Å². The Morgan fingerprint density at radius 2 is 1.54 bits per heavy atom. The Kier molecular flexibility index (Phi) is 9.96. The summed E-state index contributed by atoms with van der Waals surface area (Å²) in [6.07, 6.45) is 0.336. The lowest BCUT2D eigenvalue weighted by atomic mass is 10.2. The lowest BCUT2D eigenvalue weighted by Gasteiger charge is -2.20. The molecule has 0 aliphatic rings. The summed E-state index contributed by atoms with van der Waals surface area (Å²) in [5.41, 5.74) is -0.485. The van der Waals surface area contributed by atoms with Gasteiger partial charge in [-0.05, 0) is 48.0 Å². The lowest BCUT2D eigenvalue weighted by molar-refractivity contribution is 0.0527. The van der Waals surface area contributed by atoms with Gasteiger partial charge in [-0.25, -0.2) is 4.79 Å². The van der Waals surface area contributed by atoms with Crippen LogP contribution in [0.2, 0.25) is 0 Å². The first-order valence-electron chi connectivity index (χ1n) is 8.25. The quantitative estimate of drug-likeness (QED) is 0.364. The molecule has 0 aromatic heterocycles. The third kappa shape index (κ3) is 12.2. The van der Waals surface area contributed by atoms with Crippen LogP contribution in [0.5, 0.6) is 0 Å². The Balaban J connectivity index is 3.85. The van der Waals surface area contributed by atoms with Gasteiger partial charge in [-0.3, -0.25) is 9.20 Å². The Morgan fingerprint density at radius 1 is 1.00 bits per heavy atom. The highest BCUT2D eigenvalue weighted by Crippen LogP contribution is 2.10. The molecule has 0 aliphatic heterocycles. The molecular weight excluding hydrogens is 328 g/mol. The van der Waals surface area contributed by atoms with Crippen molar-refractivity contribution in [2.24, 2.45) is 4.99 Å². The SMILES string of the molecule is CN=C(NCCCNC(=O)OC(C)(C)C)NCCS(=O)C(C)(C)C. The van der Waals surface area contributed by atoms with Crippen molar-refractivity contribution in [2.45, 2.75) is 58.3 Å². The zero-order valence-corrected chi connectivity index (χ0v) is 16.9. The molecule has 1 unspecified atom stereocenters. The molecule has 0 fully saturated rings. The van der Waals surface area contributed by atoms with Crippen LogP contribution in [-0.2, 0) is 15.5 Å². The number of carbonyl (C=O) groups is 1. The van der Waals surface area contributed by atoms with E-state index in [4.69, 9.17) is 4.74 Å². The molecule has 1 atom stereocenters. The Bertz CT molecular complexity index is 440. The summed E-state index contributed by atoms with van der Waals surface area (Å²) in [6, 6.07) is 0. The first-order valence-corrected chi connectivity index (χ1v) is 9.57. The Morgan fingerprint density at radius 3 is 2.04 bits per heavy atom. The summed E-state index contributed by atoms with van der Waals surface area (Å²) < 4.78 is 16.9. The van der Waals surface area contributed by atoms with Gasteiger partial charge in [-0.15, -0.1) is 0 Å². The van der Waals surface area contributed by atoms with Crippen molar-refractivity contribution >= 4 is 22.9 Å². The molecule has 0 aliphatic carbocycles. The fourth-order valence-electron chi connectivity index (χ4n) is 1.59. The van der Waals surface area contributed by atoms with E-state index in [9.17, 15) is 9.00 Å². The van der Waals surface area contributed by atoms with Crippen molar-refractivity contribution < 1.29 is 13.7 Å². The van der Waals surface area contributed by atoms with Crippen LogP contribution in [-0.4, -0.2) is 59.0 Å². The first kappa shape index (κ1) is 22.7. The van der Waals surface area contributed by atoms with E-state index in [1.165, 1.54) is 0 Å². The maximum atomic E-state index is 12.0. The normalized spacial score (nSPS) is 14.0. The van der Waals surface area contributed by atoms with Gasteiger partial charge in [0.15, 0.2) is 5.96 Å². The third-order valence-corrected chi connectivity index (χ3v) is 4.74. The van der Waals surface area contributed by atoms with Gasteiger partial charge in [0.25, 0.3) is 0 Å². The van der Waals surface area contributed by atoms with Gasteiger partial charge < -0.3 is 20.7 Å². The van der Waals surface area contributed by atoms with Gasteiger partial charge in [0, 0.05) is 48.0 Å². The van der Waals surface area contributed by atoms with E-state index in [0.29, 0.717) is 31.3 Å². The topological polar surface area (TPSA) is 91.8 Å². The number of aliphatic imine (C=N–C) groups is 1. The highest BCUT2D eigenvalue weighted by Gasteiger charge is 2.18. The molecule has 1 amide bonds. The Labute approximate surface area is 148 Å². The summed E-state index contributed by atoms with van der Waals surface area (Å²) >= 11 is 0. The van der Waals surface area contributed by atoms with Crippen molar-refractivity contribution in [1.29, 1.82) is 0 Å². The largest absolute Gasteiger partial charge is 0.444 e. The molecule has 142 valence electrons. The molecule has 0 saturated carbocycles. The number of carbonyl (C=O) groups excluding carboxylic acids is 1. The monoisotopic (exact) mass is 362 g/mol. The highest BCUT2D eigenvalue weighted by atomic mass is 32.2. The van der Waals surface area contributed by atoms with Crippen molar-refractivity contribution in [1.82, 2.24) is 16.0 Å². The molecule has 0 heterocycles. The van der Waals surface area contributed by atoms with Crippen LogP contribution in [0.15, 0.2) is 4.99 Å². The molecule has 0 saturated heterocycles. The van der Waals surface area contributed by atoms with Crippen LogP contribution in [0.4, 0.5) is 4.79 Å². The van der Waals surface area contributed by atoms with E-state index in [1.54, 1.807) is 7.05 Å². The summed E-state index contributed by atoms with van der Waals surface area (Å²) in [4.78, 5) is 15.6. The second kappa shape index (κ2) is 10.5. The van der Waals surface area contributed by atoms with E-state index in [2.05, 4.69) is 20.9 Å². The predicted molar refractivity (Wildman–Crippen MR) is 101 cm³/mol. The number of nitrogens with one attached hydrogen (secondary N) is 3. The van der Waals surface area contributed by atoms with E-state index < -0.39 is 22.5 Å². The van der Waals surface area contributed by atoms with Crippen LogP contribution in [0, 0.1) is 0 Å². The second-order valence-electron chi connectivity index (χ2n) is 7.37. The molecule has 8 heteroatoms. The van der Waals surface area contributed by atoms with Crippen LogP contribution < -0.4 is 16.0 Å². The third-order valence-electron chi connectivity index (χ3n) is 2.80. The van der Waals surface area contributed by atoms with E-state index >= 15 is 0 Å². The van der Waals surface area contributed by atoms with Gasteiger partial charge >= 0.3 is 6.09 Å². The molecule has 0 radical (unpaired) electrons. The maximum Gasteiger partial charge on any atom is 0.407 e. The zero-order valence-electron chi connectivity index (χ0n) is 16.1. The molecule has 0 spiro atoms. The molecule has 0 aromatic rings. The van der Waals surface area contributed by atoms with Crippen LogP contribution >= 0.6 is 0 Å². The molecule has 0 aromatic carbocycles. The zero-order chi connectivity index (χ0) is 18.8. The minimum atomic E-state index is -0.885.